The van der Waals surface area contributed by atoms with Crippen LogP contribution in [0.2, 0.25) is 0 Å². The number of hydrogen-bond acceptors (Lipinski definition) is 7. The molecule has 44 heavy (non-hydrogen) atoms. The van der Waals surface area contributed by atoms with Gasteiger partial charge >= 0.3 is 5.97 Å². The Morgan fingerprint density at radius 1 is 0.727 bits per heavy atom. The summed E-state index contributed by atoms with van der Waals surface area (Å²) in [6.07, 6.45) is 0. The van der Waals surface area contributed by atoms with E-state index in [0.29, 0.717) is 28.7 Å². The van der Waals surface area contributed by atoms with Crippen LogP contribution >= 0.6 is 0 Å². The Morgan fingerprint density at radius 2 is 1.36 bits per heavy atom. The van der Waals surface area contributed by atoms with Crippen molar-refractivity contribution >= 4 is 27.6 Å². The van der Waals surface area contributed by atoms with Gasteiger partial charge in [-0.2, -0.15) is 4.31 Å². The van der Waals surface area contributed by atoms with Gasteiger partial charge in [-0.05, 0) is 65.7 Å². The summed E-state index contributed by atoms with van der Waals surface area (Å²) in [6.45, 7) is -0.346. The van der Waals surface area contributed by atoms with Gasteiger partial charge in [-0.25, -0.2) is 26.4 Å². The molecule has 0 aliphatic heterocycles. The Morgan fingerprint density at radius 3 is 2.00 bits per heavy atom. The standard InChI is InChI=1S/C31H27F3N2O7S/c1-41-28-13-6-20(14-29(28)42-2)18-36(17-19-4-7-21(8-5-19)31(38)43-3)44(39,40)23-10-12-25(32)24(16-23)30(37)35-22-9-11-26(33)27(34)15-22/h4-16H,17-18H2,1-3H3,(H,35,37). The number of rotatable bonds is 11. The summed E-state index contributed by atoms with van der Waals surface area (Å²) in [5.41, 5.74) is 0.507. The zero-order valence-corrected chi connectivity index (χ0v) is 24.6. The summed E-state index contributed by atoms with van der Waals surface area (Å²) in [6, 6.07) is 16.2. The normalized spacial score (nSPS) is 11.2. The molecule has 4 aromatic rings. The highest BCUT2D eigenvalue weighted by atomic mass is 32.2. The minimum Gasteiger partial charge on any atom is -0.493 e. The quantitative estimate of drug-likeness (QED) is 0.217. The monoisotopic (exact) mass is 628 g/mol. The number of methoxy groups -OCH3 is 3. The van der Waals surface area contributed by atoms with Gasteiger partial charge in [0.05, 0.1) is 37.4 Å². The van der Waals surface area contributed by atoms with Crippen LogP contribution in [0.15, 0.2) is 83.8 Å². The summed E-state index contributed by atoms with van der Waals surface area (Å²) >= 11 is 0. The van der Waals surface area contributed by atoms with Gasteiger partial charge in [0.25, 0.3) is 5.91 Å². The molecule has 1 N–H and O–H groups in total. The van der Waals surface area contributed by atoms with E-state index in [1.165, 1.54) is 33.5 Å². The fourth-order valence-corrected chi connectivity index (χ4v) is 5.68. The molecule has 0 aliphatic rings. The number of nitrogens with zero attached hydrogens (tertiary/aromatic N) is 1. The van der Waals surface area contributed by atoms with Gasteiger partial charge < -0.3 is 19.5 Å². The Bertz CT molecular complexity index is 1800. The molecule has 230 valence electrons. The van der Waals surface area contributed by atoms with E-state index in [9.17, 15) is 31.2 Å². The highest BCUT2D eigenvalue weighted by Gasteiger charge is 2.28. The molecule has 0 heterocycles. The number of benzene rings is 4. The van der Waals surface area contributed by atoms with Crippen molar-refractivity contribution in [1.82, 2.24) is 4.31 Å². The maximum atomic E-state index is 14.8. The number of halogens is 3. The molecule has 0 aliphatic carbocycles. The Hall–Kier alpha value is -4.88. The van der Waals surface area contributed by atoms with E-state index >= 15 is 0 Å². The van der Waals surface area contributed by atoms with Crippen LogP contribution in [0.5, 0.6) is 11.5 Å². The summed E-state index contributed by atoms with van der Waals surface area (Å²) < 4.78 is 86.1. The number of anilines is 1. The van der Waals surface area contributed by atoms with Crippen LogP contribution in [0.1, 0.15) is 31.8 Å². The molecule has 13 heteroatoms. The largest absolute Gasteiger partial charge is 0.493 e. The molecule has 0 radical (unpaired) electrons. The topological polar surface area (TPSA) is 111 Å². The smallest absolute Gasteiger partial charge is 0.337 e. The second-order valence-electron chi connectivity index (χ2n) is 9.38. The molecule has 0 saturated carbocycles. The Balaban J connectivity index is 1.71. The number of sulfonamides is 1. The van der Waals surface area contributed by atoms with Gasteiger partial charge in [0.1, 0.15) is 5.82 Å². The van der Waals surface area contributed by atoms with Crippen LogP contribution < -0.4 is 14.8 Å². The van der Waals surface area contributed by atoms with Gasteiger partial charge in [-0.1, -0.05) is 18.2 Å². The minimum atomic E-state index is -4.41. The molecule has 0 unspecified atom stereocenters. The molecule has 0 spiro atoms. The molecule has 1 amide bonds. The van der Waals surface area contributed by atoms with Crippen molar-refractivity contribution in [3.63, 3.8) is 0 Å². The van der Waals surface area contributed by atoms with E-state index in [4.69, 9.17) is 14.2 Å². The molecule has 9 nitrogen and oxygen atoms in total. The van der Waals surface area contributed by atoms with Crippen molar-refractivity contribution in [3.05, 3.63) is 119 Å². The van der Waals surface area contributed by atoms with Crippen molar-refractivity contribution in [2.75, 3.05) is 26.6 Å². The maximum Gasteiger partial charge on any atom is 0.337 e. The maximum absolute atomic E-state index is 14.8. The molecule has 0 bridgehead atoms. The van der Waals surface area contributed by atoms with Gasteiger partial charge in [-0.15, -0.1) is 0 Å². The summed E-state index contributed by atoms with van der Waals surface area (Å²) in [4.78, 5) is 24.3. The highest BCUT2D eigenvalue weighted by Crippen LogP contribution is 2.30. The first-order valence-corrected chi connectivity index (χ1v) is 14.3. The zero-order valence-electron chi connectivity index (χ0n) is 23.8. The van der Waals surface area contributed by atoms with Gasteiger partial charge in [-0.3, -0.25) is 4.79 Å². The minimum absolute atomic E-state index is 0.160. The van der Waals surface area contributed by atoms with E-state index in [-0.39, 0.29) is 24.3 Å². The molecular weight excluding hydrogens is 601 g/mol. The lowest BCUT2D eigenvalue weighted by Crippen LogP contribution is -2.30. The Labute approximate surface area is 251 Å². The van der Waals surface area contributed by atoms with E-state index in [2.05, 4.69) is 5.32 Å². The lowest BCUT2D eigenvalue weighted by atomic mass is 10.1. The summed E-state index contributed by atoms with van der Waals surface area (Å²) in [7, 11) is -0.275. The van der Waals surface area contributed by atoms with Gasteiger partial charge in [0.2, 0.25) is 10.0 Å². The van der Waals surface area contributed by atoms with E-state index in [0.717, 1.165) is 34.6 Å². The fourth-order valence-electron chi connectivity index (χ4n) is 4.24. The van der Waals surface area contributed by atoms with E-state index < -0.39 is 49.8 Å². The van der Waals surface area contributed by atoms with Crippen molar-refractivity contribution in [2.24, 2.45) is 0 Å². The number of carbonyl (C=O) groups is 2. The van der Waals surface area contributed by atoms with Crippen molar-refractivity contribution in [1.29, 1.82) is 0 Å². The van der Waals surface area contributed by atoms with Crippen LogP contribution in [-0.2, 0) is 27.8 Å². The first kappa shape index (κ1) is 32.0. The molecule has 0 saturated heterocycles. The number of ether oxygens (including phenoxy) is 3. The fraction of sp³-hybridized carbons (Fsp3) is 0.161. The third-order valence-corrected chi connectivity index (χ3v) is 8.33. The average Bonchev–Trinajstić information content (AvgIpc) is 3.02. The predicted molar refractivity (Wildman–Crippen MR) is 154 cm³/mol. The number of carbonyl (C=O) groups excluding carboxylic acids is 2. The summed E-state index contributed by atoms with van der Waals surface area (Å²) in [5.74, 6) is -4.25. The van der Waals surface area contributed by atoms with Crippen LogP contribution in [-0.4, -0.2) is 45.9 Å². The van der Waals surface area contributed by atoms with Gasteiger partial charge in [0, 0.05) is 24.8 Å². The van der Waals surface area contributed by atoms with Crippen molar-refractivity contribution < 1.29 is 45.4 Å². The van der Waals surface area contributed by atoms with E-state index in [1.54, 1.807) is 30.3 Å². The van der Waals surface area contributed by atoms with Crippen LogP contribution in [0.4, 0.5) is 18.9 Å². The molecule has 0 atom stereocenters. The number of nitrogens with one attached hydrogen (secondary N) is 1. The van der Waals surface area contributed by atoms with Crippen molar-refractivity contribution in [2.45, 2.75) is 18.0 Å². The van der Waals surface area contributed by atoms with Crippen LogP contribution in [0.3, 0.4) is 0 Å². The lowest BCUT2D eigenvalue weighted by Gasteiger charge is -2.23. The van der Waals surface area contributed by atoms with Crippen LogP contribution in [0.25, 0.3) is 0 Å². The first-order chi connectivity index (χ1) is 21.0. The SMILES string of the molecule is COC(=O)c1ccc(CN(Cc2ccc(OC)c(OC)c2)S(=O)(=O)c2ccc(F)c(C(=O)Nc3ccc(F)c(F)c3)c2)cc1. The van der Waals surface area contributed by atoms with Gasteiger partial charge in [0.15, 0.2) is 23.1 Å². The molecule has 4 rings (SSSR count). The molecule has 0 fully saturated rings. The second-order valence-corrected chi connectivity index (χ2v) is 11.3. The van der Waals surface area contributed by atoms with E-state index in [1.807, 2.05) is 0 Å². The molecular formula is C31H27F3N2O7S. The molecule has 0 aromatic heterocycles. The number of amides is 1. The summed E-state index contributed by atoms with van der Waals surface area (Å²) in [5, 5.41) is 2.24. The first-order valence-electron chi connectivity index (χ1n) is 12.9. The number of esters is 1. The van der Waals surface area contributed by atoms with Crippen molar-refractivity contribution in [3.8, 4) is 11.5 Å². The third kappa shape index (κ3) is 7.18. The molecule has 4 aromatic carbocycles. The number of hydrogen-bond donors (Lipinski definition) is 1. The average molecular weight is 629 g/mol. The van der Waals surface area contributed by atoms with Crippen LogP contribution in [0, 0.1) is 17.5 Å². The third-order valence-electron chi connectivity index (χ3n) is 6.54. The predicted octanol–water partition coefficient (Wildman–Crippen LogP) is 5.55. The lowest BCUT2D eigenvalue weighted by molar-refractivity contribution is 0.0600. The second kappa shape index (κ2) is 13.6. The zero-order chi connectivity index (χ0) is 32.0. The highest BCUT2D eigenvalue weighted by molar-refractivity contribution is 7.89. The Kier molecular flexibility index (Phi) is 9.91.